The number of thiophene rings is 1. The van der Waals surface area contributed by atoms with Crippen LogP contribution < -0.4 is 4.74 Å². The fourth-order valence-electron chi connectivity index (χ4n) is 3.88. The van der Waals surface area contributed by atoms with Crippen LogP contribution in [0.2, 0.25) is 0 Å². The van der Waals surface area contributed by atoms with Gasteiger partial charge in [0.25, 0.3) is 0 Å². The molecule has 27 heavy (non-hydrogen) atoms. The molecule has 1 aromatic carbocycles. The average Bonchev–Trinajstić information content (AvgIpc) is 3.32. The minimum Gasteiger partial charge on any atom is -0.488 e. The van der Waals surface area contributed by atoms with E-state index in [-0.39, 0.29) is 6.42 Å². The van der Waals surface area contributed by atoms with Crippen molar-refractivity contribution >= 4 is 22.9 Å². The summed E-state index contributed by atoms with van der Waals surface area (Å²) in [4.78, 5) is 14.8. The molecule has 4 nitrogen and oxygen atoms in total. The second kappa shape index (κ2) is 8.28. The summed E-state index contributed by atoms with van der Waals surface area (Å²) in [5.74, 6) is 0.132. The fraction of sp³-hybridized carbons (Fsp3) is 0.409. The molecular weight excluding hydrogens is 358 g/mol. The second-order valence-electron chi connectivity index (χ2n) is 7.24. The van der Waals surface area contributed by atoms with Gasteiger partial charge in [0.05, 0.1) is 0 Å². The van der Waals surface area contributed by atoms with Crippen molar-refractivity contribution in [1.82, 2.24) is 4.90 Å². The molecule has 0 spiro atoms. The predicted octanol–water partition coefficient (Wildman–Crippen LogP) is 4.58. The van der Waals surface area contributed by atoms with Crippen LogP contribution in [0.15, 0.2) is 35.7 Å². The van der Waals surface area contributed by atoms with Crippen LogP contribution in [0.3, 0.4) is 0 Å². The van der Waals surface area contributed by atoms with Gasteiger partial charge in [0, 0.05) is 29.0 Å². The molecule has 2 aliphatic rings. The number of aliphatic carboxylic acids is 1. The molecule has 0 amide bonds. The van der Waals surface area contributed by atoms with Crippen molar-refractivity contribution in [2.24, 2.45) is 0 Å². The third-order valence-corrected chi connectivity index (χ3v) is 6.32. The Hall–Kier alpha value is -2.11. The highest BCUT2D eigenvalue weighted by molar-refractivity contribution is 7.11. The number of carboxylic acids is 1. The molecule has 4 rings (SSSR count). The van der Waals surface area contributed by atoms with E-state index in [4.69, 9.17) is 9.84 Å². The van der Waals surface area contributed by atoms with E-state index >= 15 is 0 Å². The summed E-state index contributed by atoms with van der Waals surface area (Å²) in [6, 6.07) is 8.25. The lowest BCUT2D eigenvalue weighted by molar-refractivity contribution is -0.136. The summed E-state index contributed by atoms with van der Waals surface area (Å²) in [6.45, 7) is 4.11. The van der Waals surface area contributed by atoms with Gasteiger partial charge in [-0.2, -0.15) is 0 Å². The zero-order valence-corrected chi connectivity index (χ0v) is 16.3. The first kappa shape index (κ1) is 18.3. The summed E-state index contributed by atoms with van der Waals surface area (Å²) in [6.07, 6.45) is 6.69. The van der Waals surface area contributed by atoms with Gasteiger partial charge in [-0.3, -0.25) is 4.79 Å². The maximum absolute atomic E-state index is 10.9. The van der Waals surface area contributed by atoms with E-state index in [1.807, 2.05) is 12.1 Å². The van der Waals surface area contributed by atoms with Gasteiger partial charge in [-0.15, -0.1) is 11.3 Å². The summed E-state index contributed by atoms with van der Waals surface area (Å²) in [5.41, 5.74) is 4.62. The van der Waals surface area contributed by atoms with E-state index in [1.54, 1.807) is 11.3 Å². The number of aryl methyl sites for hydroxylation is 1. The summed E-state index contributed by atoms with van der Waals surface area (Å²) < 4.78 is 6.06. The minimum atomic E-state index is -0.761. The predicted molar refractivity (Wildman–Crippen MR) is 108 cm³/mol. The van der Waals surface area contributed by atoms with Crippen LogP contribution in [-0.4, -0.2) is 35.6 Å². The van der Waals surface area contributed by atoms with Crippen molar-refractivity contribution in [3.63, 3.8) is 0 Å². The van der Waals surface area contributed by atoms with Crippen LogP contribution in [0.4, 0.5) is 0 Å². The lowest BCUT2D eigenvalue weighted by atomic mass is 9.97. The maximum Gasteiger partial charge on any atom is 0.303 e. The van der Waals surface area contributed by atoms with Crippen molar-refractivity contribution in [2.75, 3.05) is 19.6 Å². The highest BCUT2D eigenvalue weighted by Crippen LogP contribution is 2.40. The molecule has 1 aromatic heterocycles. The molecule has 2 aliphatic heterocycles. The Kier molecular flexibility index (Phi) is 5.60. The SMILES string of the molecule is O=C(O)CCc1ccc2c(c1)/C(=C\CCN1CCCC1)c1sccc1CO2. The van der Waals surface area contributed by atoms with Crippen LogP contribution in [0.5, 0.6) is 5.75 Å². The monoisotopic (exact) mass is 383 g/mol. The van der Waals surface area contributed by atoms with E-state index in [0.29, 0.717) is 13.0 Å². The van der Waals surface area contributed by atoms with E-state index in [2.05, 4.69) is 28.5 Å². The maximum atomic E-state index is 10.9. The van der Waals surface area contributed by atoms with Crippen molar-refractivity contribution in [2.45, 2.75) is 38.7 Å². The molecule has 2 aromatic rings. The van der Waals surface area contributed by atoms with E-state index in [9.17, 15) is 4.79 Å². The number of carbonyl (C=O) groups is 1. The number of benzene rings is 1. The molecule has 5 heteroatoms. The van der Waals surface area contributed by atoms with Crippen molar-refractivity contribution in [3.8, 4) is 5.75 Å². The van der Waals surface area contributed by atoms with Gasteiger partial charge in [-0.05, 0) is 73.5 Å². The van der Waals surface area contributed by atoms with Crippen LogP contribution in [-0.2, 0) is 17.8 Å². The second-order valence-corrected chi connectivity index (χ2v) is 8.16. The quantitative estimate of drug-likeness (QED) is 0.793. The molecule has 0 radical (unpaired) electrons. The third-order valence-electron chi connectivity index (χ3n) is 5.33. The number of nitrogens with zero attached hydrogens (tertiary/aromatic N) is 1. The Morgan fingerprint density at radius 1 is 1.26 bits per heavy atom. The Morgan fingerprint density at radius 3 is 2.93 bits per heavy atom. The fourth-order valence-corrected chi connectivity index (χ4v) is 4.85. The molecule has 0 unspecified atom stereocenters. The van der Waals surface area contributed by atoms with Gasteiger partial charge >= 0.3 is 5.97 Å². The Morgan fingerprint density at radius 2 is 2.11 bits per heavy atom. The van der Waals surface area contributed by atoms with Crippen molar-refractivity contribution in [1.29, 1.82) is 0 Å². The Labute approximate surface area is 164 Å². The number of carboxylic acid groups (broad SMARTS) is 1. The van der Waals surface area contributed by atoms with E-state index in [0.717, 1.165) is 29.8 Å². The number of hydrogen-bond donors (Lipinski definition) is 1. The van der Waals surface area contributed by atoms with Gasteiger partial charge in [0.1, 0.15) is 12.4 Å². The molecule has 1 N–H and O–H groups in total. The van der Waals surface area contributed by atoms with Crippen LogP contribution in [0.25, 0.3) is 5.57 Å². The molecule has 1 saturated heterocycles. The van der Waals surface area contributed by atoms with E-state index < -0.39 is 5.97 Å². The van der Waals surface area contributed by atoms with E-state index in [1.165, 1.54) is 41.9 Å². The zero-order valence-electron chi connectivity index (χ0n) is 15.4. The normalized spacial score (nSPS) is 18.0. The molecule has 142 valence electrons. The molecule has 3 heterocycles. The lowest BCUT2D eigenvalue weighted by Crippen LogP contribution is -2.19. The standard InChI is InChI=1S/C22H25NO3S/c24-21(25)8-6-16-5-7-20-19(14-16)18(4-3-12-23-10-1-2-11-23)22-17(15-26-20)9-13-27-22/h4-5,7,9,13-14H,1-3,6,8,10-12,15H2,(H,24,25)/b18-4+. The first-order valence-electron chi connectivity index (χ1n) is 9.68. The summed E-state index contributed by atoms with van der Waals surface area (Å²) >= 11 is 1.76. The van der Waals surface area contributed by atoms with Gasteiger partial charge in [-0.25, -0.2) is 0 Å². The summed E-state index contributed by atoms with van der Waals surface area (Å²) in [5, 5.41) is 11.1. The number of fused-ring (bicyclic) bond motifs is 2. The smallest absolute Gasteiger partial charge is 0.303 e. The molecule has 0 saturated carbocycles. The van der Waals surface area contributed by atoms with Gasteiger partial charge in [-0.1, -0.05) is 12.1 Å². The number of rotatable bonds is 6. The van der Waals surface area contributed by atoms with Crippen molar-refractivity contribution in [3.05, 3.63) is 57.3 Å². The summed E-state index contributed by atoms with van der Waals surface area (Å²) in [7, 11) is 0. The average molecular weight is 384 g/mol. The van der Waals surface area contributed by atoms with Gasteiger partial charge < -0.3 is 14.7 Å². The van der Waals surface area contributed by atoms with Crippen LogP contribution in [0.1, 0.15) is 47.3 Å². The zero-order chi connectivity index (χ0) is 18.6. The number of ether oxygens (including phenoxy) is 1. The van der Waals surface area contributed by atoms with Crippen LogP contribution >= 0.6 is 11.3 Å². The lowest BCUT2D eigenvalue weighted by Gasteiger charge is -2.14. The van der Waals surface area contributed by atoms with Gasteiger partial charge in [0.2, 0.25) is 0 Å². The Bertz CT molecular complexity index is 849. The molecular formula is C22H25NO3S. The number of hydrogen-bond acceptors (Lipinski definition) is 4. The van der Waals surface area contributed by atoms with Crippen LogP contribution in [0, 0.1) is 0 Å². The largest absolute Gasteiger partial charge is 0.488 e. The first-order valence-corrected chi connectivity index (χ1v) is 10.6. The minimum absolute atomic E-state index is 0.151. The molecule has 1 fully saturated rings. The molecule has 0 aliphatic carbocycles. The Balaban J connectivity index is 1.64. The van der Waals surface area contributed by atoms with Gasteiger partial charge in [0.15, 0.2) is 0 Å². The first-order chi connectivity index (χ1) is 13.2. The molecule has 0 bridgehead atoms. The number of likely N-dealkylation sites (tertiary alicyclic amines) is 1. The molecule has 0 atom stereocenters. The highest BCUT2D eigenvalue weighted by atomic mass is 32.1. The third kappa shape index (κ3) is 4.25. The topological polar surface area (TPSA) is 49.8 Å². The van der Waals surface area contributed by atoms with Crippen molar-refractivity contribution < 1.29 is 14.6 Å². The highest BCUT2D eigenvalue weighted by Gasteiger charge is 2.21.